The molecule has 0 aromatic rings. The molecular weight excluding hydrogens is 184 g/mol. The van der Waals surface area contributed by atoms with Gasteiger partial charge in [-0.1, -0.05) is 0 Å². The molecule has 1 atom stereocenters. The zero-order valence-electron chi connectivity index (χ0n) is 9.54. The van der Waals surface area contributed by atoms with Crippen molar-refractivity contribution >= 4 is 0 Å². The minimum absolute atomic E-state index is 0.784. The van der Waals surface area contributed by atoms with Gasteiger partial charge in [-0.15, -0.1) is 12.3 Å². The van der Waals surface area contributed by atoms with Gasteiger partial charge < -0.3 is 10.2 Å². The fourth-order valence-corrected chi connectivity index (χ4v) is 2.42. The number of piperazine rings is 1. The predicted molar refractivity (Wildman–Crippen MR) is 63.6 cm³/mol. The summed E-state index contributed by atoms with van der Waals surface area (Å²) in [6.45, 7) is 4.91. The summed E-state index contributed by atoms with van der Waals surface area (Å²) in [6.07, 6.45) is 11.5. The van der Waals surface area contributed by atoms with Gasteiger partial charge in [0, 0.05) is 32.1 Å². The fraction of sp³-hybridized carbons (Fsp3) is 0.846. The Labute approximate surface area is 93.4 Å². The van der Waals surface area contributed by atoms with E-state index in [0.717, 1.165) is 18.4 Å². The first-order chi connectivity index (χ1) is 7.40. The van der Waals surface area contributed by atoms with Crippen molar-refractivity contribution in [2.24, 2.45) is 5.92 Å². The average Bonchev–Trinajstić information content (AvgIpc) is 3.09. The summed E-state index contributed by atoms with van der Waals surface area (Å²) in [4.78, 5) is 2.61. The molecule has 1 aliphatic carbocycles. The highest BCUT2D eigenvalue weighted by Gasteiger charge is 2.33. The van der Waals surface area contributed by atoms with Crippen molar-refractivity contribution in [1.29, 1.82) is 0 Å². The minimum Gasteiger partial charge on any atom is -0.311 e. The SMILES string of the molecule is C#CCCCCN1CCNC(C2CC2)C1. The lowest BCUT2D eigenvalue weighted by atomic mass is 10.1. The maximum atomic E-state index is 5.24. The van der Waals surface area contributed by atoms with Gasteiger partial charge in [-0.05, 0) is 38.1 Å². The van der Waals surface area contributed by atoms with Crippen molar-refractivity contribution in [3.8, 4) is 12.3 Å². The highest BCUT2D eigenvalue weighted by molar-refractivity contribution is 4.91. The second-order valence-corrected chi connectivity index (χ2v) is 4.86. The van der Waals surface area contributed by atoms with Crippen LogP contribution in [0.15, 0.2) is 0 Å². The van der Waals surface area contributed by atoms with Crippen LogP contribution in [0.2, 0.25) is 0 Å². The Kier molecular flexibility index (Phi) is 4.05. The van der Waals surface area contributed by atoms with Gasteiger partial charge in [0.05, 0.1) is 0 Å². The average molecular weight is 206 g/mol. The summed E-state index contributed by atoms with van der Waals surface area (Å²) < 4.78 is 0. The molecule has 0 spiro atoms. The van der Waals surface area contributed by atoms with Gasteiger partial charge in [0.15, 0.2) is 0 Å². The minimum atomic E-state index is 0.784. The molecule has 1 N–H and O–H groups in total. The zero-order valence-corrected chi connectivity index (χ0v) is 9.54. The van der Waals surface area contributed by atoms with E-state index < -0.39 is 0 Å². The summed E-state index contributed by atoms with van der Waals surface area (Å²) >= 11 is 0. The van der Waals surface area contributed by atoms with Crippen molar-refractivity contribution in [3.05, 3.63) is 0 Å². The molecule has 1 heterocycles. The van der Waals surface area contributed by atoms with Crippen LogP contribution in [0, 0.1) is 18.3 Å². The third-order valence-electron chi connectivity index (χ3n) is 3.53. The maximum absolute atomic E-state index is 5.24. The van der Waals surface area contributed by atoms with E-state index in [1.165, 1.54) is 51.9 Å². The van der Waals surface area contributed by atoms with Gasteiger partial charge in [-0.3, -0.25) is 0 Å². The molecule has 0 bridgehead atoms. The largest absolute Gasteiger partial charge is 0.311 e. The third-order valence-corrected chi connectivity index (χ3v) is 3.53. The Morgan fingerprint density at radius 2 is 2.20 bits per heavy atom. The lowest BCUT2D eigenvalue weighted by Gasteiger charge is -2.33. The lowest BCUT2D eigenvalue weighted by Crippen LogP contribution is -2.51. The Morgan fingerprint density at radius 3 is 2.93 bits per heavy atom. The molecule has 1 saturated heterocycles. The normalized spacial score (nSPS) is 27.5. The molecule has 2 rings (SSSR count). The fourth-order valence-electron chi connectivity index (χ4n) is 2.42. The van der Waals surface area contributed by atoms with Crippen LogP contribution in [-0.4, -0.2) is 37.1 Å². The van der Waals surface area contributed by atoms with E-state index in [4.69, 9.17) is 6.42 Å². The molecule has 0 aromatic carbocycles. The number of terminal acetylenes is 1. The number of rotatable bonds is 5. The lowest BCUT2D eigenvalue weighted by molar-refractivity contribution is 0.186. The van der Waals surface area contributed by atoms with E-state index in [2.05, 4.69) is 16.1 Å². The Hall–Kier alpha value is -0.520. The van der Waals surface area contributed by atoms with Crippen LogP contribution < -0.4 is 5.32 Å². The summed E-state index contributed by atoms with van der Waals surface area (Å²) in [7, 11) is 0. The Bertz CT molecular complexity index is 227. The van der Waals surface area contributed by atoms with Crippen molar-refractivity contribution < 1.29 is 0 Å². The monoisotopic (exact) mass is 206 g/mol. The standard InChI is InChI=1S/C13H22N2/c1-2-3-4-5-9-15-10-8-14-13(11-15)12-6-7-12/h1,12-14H,3-11H2. The van der Waals surface area contributed by atoms with Crippen molar-refractivity contribution in [1.82, 2.24) is 10.2 Å². The quantitative estimate of drug-likeness (QED) is 0.541. The number of hydrogen-bond acceptors (Lipinski definition) is 2. The van der Waals surface area contributed by atoms with E-state index in [1.54, 1.807) is 0 Å². The molecular formula is C13H22N2. The van der Waals surface area contributed by atoms with Crippen LogP contribution >= 0.6 is 0 Å². The predicted octanol–water partition coefficient (Wildman–Crippen LogP) is 1.47. The smallest absolute Gasteiger partial charge is 0.0223 e. The molecule has 2 aliphatic rings. The van der Waals surface area contributed by atoms with Crippen molar-refractivity contribution in [2.45, 2.75) is 38.1 Å². The number of nitrogens with one attached hydrogen (secondary N) is 1. The molecule has 0 amide bonds. The van der Waals surface area contributed by atoms with Gasteiger partial charge in [0.2, 0.25) is 0 Å². The first-order valence-electron chi connectivity index (χ1n) is 6.29. The van der Waals surface area contributed by atoms with Gasteiger partial charge >= 0.3 is 0 Å². The number of unbranched alkanes of at least 4 members (excludes halogenated alkanes) is 2. The second kappa shape index (κ2) is 5.53. The molecule has 1 unspecified atom stereocenters. The zero-order chi connectivity index (χ0) is 10.5. The Balaban J connectivity index is 1.62. The van der Waals surface area contributed by atoms with Crippen LogP contribution in [-0.2, 0) is 0 Å². The highest BCUT2D eigenvalue weighted by atomic mass is 15.2. The molecule has 15 heavy (non-hydrogen) atoms. The van der Waals surface area contributed by atoms with Crippen LogP contribution in [0.1, 0.15) is 32.1 Å². The third kappa shape index (κ3) is 3.52. The molecule has 1 aliphatic heterocycles. The summed E-state index contributed by atoms with van der Waals surface area (Å²) in [6, 6.07) is 0.784. The van der Waals surface area contributed by atoms with Gasteiger partial charge in [-0.2, -0.15) is 0 Å². The van der Waals surface area contributed by atoms with Crippen LogP contribution in [0.25, 0.3) is 0 Å². The van der Waals surface area contributed by atoms with Gasteiger partial charge in [0.1, 0.15) is 0 Å². The van der Waals surface area contributed by atoms with E-state index >= 15 is 0 Å². The van der Waals surface area contributed by atoms with E-state index in [-0.39, 0.29) is 0 Å². The topological polar surface area (TPSA) is 15.3 Å². The molecule has 1 saturated carbocycles. The van der Waals surface area contributed by atoms with Crippen LogP contribution in [0.3, 0.4) is 0 Å². The number of nitrogens with zero attached hydrogens (tertiary/aromatic N) is 1. The molecule has 0 aromatic heterocycles. The maximum Gasteiger partial charge on any atom is 0.0223 e. The van der Waals surface area contributed by atoms with E-state index in [0.29, 0.717) is 0 Å². The van der Waals surface area contributed by atoms with Gasteiger partial charge in [-0.25, -0.2) is 0 Å². The highest BCUT2D eigenvalue weighted by Crippen LogP contribution is 2.33. The van der Waals surface area contributed by atoms with E-state index in [9.17, 15) is 0 Å². The first kappa shape index (κ1) is 11.0. The molecule has 0 radical (unpaired) electrons. The molecule has 84 valence electrons. The second-order valence-electron chi connectivity index (χ2n) is 4.86. The number of hydrogen-bond donors (Lipinski definition) is 1. The van der Waals surface area contributed by atoms with Crippen molar-refractivity contribution in [2.75, 3.05) is 26.2 Å². The molecule has 2 nitrogen and oxygen atoms in total. The molecule has 2 fully saturated rings. The first-order valence-corrected chi connectivity index (χ1v) is 6.29. The van der Waals surface area contributed by atoms with Gasteiger partial charge in [0.25, 0.3) is 0 Å². The molecule has 2 heteroatoms. The van der Waals surface area contributed by atoms with Crippen LogP contribution in [0.4, 0.5) is 0 Å². The summed E-state index contributed by atoms with van der Waals surface area (Å²) in [5.74, 6) is 3.70. The van der Waals surface area contributed by atoms with Crippen molar-refractivity contribution in [3.63, 3.8) is 0 Å². The van der Waals surface area contributed by atoms with E-state index in [1.807, 2.05) is 0 Å². The van der Waals surface area contributed by atoms with Crippen LogP contribution in [0.5, 0.6) is 0 Å². The summed E-state index contributed by atoms with van der Waals surface area (Å²) in [5, 5.41) is 3.64. The Morgan fingerprint density at radius 1 is 1.33 bits per heavy atom. The summed E-state index contributed by atoms with van der Waals surface area (Å²) in [5.41, 5.74) is 0.